The van der Waals surface area contributed by atoms with Crippen molar-refractivity contribution in [3.8, 4) is 0 Å². The zero-order chi connectivity index (χ0) is 22.8. The van der Waals surface area contributed by atoms with Crippen LogP contribution in [0.15, 0.2) is 5.11 Å². The van der Waals surface area contributed by atoms with E-state index < -0.39 is 73.6 Å². The fourth-order valence-corrected chi connectivity index (χ4v) is 2.65. The summed E-state index contributed by atoms with van der Waals surface area (Å²) in [5.74, 6) is -3.86. The largest absolute Gasteiger partial charge is 0.463 e. The van der Waals surface area contributed by atoms with Gasteiger partial charge < -0.3 is 29.0 Å². The van der Waals surface area contributed by atoms with E-state index in [1.54, 1.807) is 0 Å². The van der Waals surface area contributed by atoms with Gasteiger partial charge in [-0.2, -0.15) is 0 Å². The molecule has 1 fully saturated rings. The Labute approximate surface area is 170 Å². The van der Waals surface area contributed by atoms with E-state index in [-0.39, 0.29) is 0 Å². The van der Waals surface area contributed by atoms with E-state index in [1.807, 2.05) is 0 Å². The van der Waals surface area contributed by atoms with Crippen molar-refractivity contribution in [3.63, 3.8) is 0 Å². The second-order valence-electron chi connectivity index (χ2n) is 6.09. The lowest BCUT2D eigenvalue weighted by atomic mass is 9.96. The van der Waals surface area contributed by atoms with Crippen molar-refractivity contribution in [3.05, 3.63) is 10.4 Å². The number of nitrogens with zero attached hydrogens (tertiary/aromatic N) is 3. The smallest absolute Gasteiger partial charge is 0.305 e. The standard InChI is InChI=1S/C16H22N4O10/c1-7(21)26-6-11-14(27-8(2)22)15(28-9(3)23)13(16(30-11)29-10(4)24)19-12(25)5-18-20-17/h11,13-16H,5-6H2,1-4H3,(H,19,25)/t11-,13+,14-,15+,16-/m0/s1. The molecular formula is C16H22N4O10. The third kappa shape index (κ3) is 7.93. The molecular weight excluding hydrogens is 408 g/mol. The highest BCUT2D eigenvalue weighted by molar-refractivity contribution is 5.79. The fourth-order valence-electron chi connectivity index (χ4n) is 2.65. The zero-order valence-electron chi connectivity index (χ0n) is 16.7. The van der Waals surface area contributed by atoms with Gasteiger partial charge in [0.2, 0.25) is 12.2 Å². The van der Waals surface area contributed by atoms with Crippen LogP contribution in [0.25, 0.3) is 10.4 Å². The molecule has 1 saturated heterocycles. The minimum absolute atomic E-state index is 0.428. The summed E-state index contributed by atoms with van der Waals surface area (Å²) in [5, 5.41) is 5.48. The number of azide groups is 1. The Balaban J connectivity index is 3.33. The summed E-state index contributed by atoms with van der Waals surface area (Å²) in [5.41, 5.74) is 8.36. The third-order valence-electron chi connectivity index (χ3n) is 3.59. The second-order valence-corrected chi connectivity index (χ2v) is 6.09. The molecule has 0 saturated carbocycles. The van der Waals surface area contributed by atoms with Crippen LogP contribution in [-0.2, 0) is 47.7 Å². The van der Waals surface area contributed by atoms with E-state index in [9.17, 15) is 24.0 Å². The van der Waals surface area contributed by atoms with Crippen molar-refractivity contribution >= 4 is 29.8 Å². The van der Waals surface area contributed by atoms with Crippen LogP contribution >= 0.6 is 0 Å². The highest BCUT2D eigenvalue weighted by Crippen LogP contribution is 2.28. The minimum atomic E-state index is -1.51. The molecule has 1 aliphatic rings. The number of carbonyl (C=O) groups excluding carboxylic acids is 5. The maximum Gasteiger partial charge on any atom is 0.305 e. The van der Waals surface area contributed by atoms with Gasteiger partial charge in [0.25, 0.3) is 0 Å². The molecule has 0 unspecified atom stereocenters. The number of rotatable bonds is 8. The van der Waals surface area contributed by atoms with Gasteiger partial charge >= 0.3 is 23.9 Å². The molecule has 14 heteroatoms. The fraction of sp³-hybridized carbons (Fsp3) is 0.688. The average Bonchev–Trinajstić information content (AvgIpc) is 2.62. The number of hydrogen-bond acceptors (Lipinski definition) is 11. The van der Waals surface area contributed by atoms with Crippen molar-refractivity contribution in [2.45, 2.75) is 58.3 Å². The van der Waals surface area contributed by atoms with Crippen LogP contribution in [0.3, 0.4) is 0 Å². The predicted molar refractivity (Wildman–Crippen MR) is 94.1 cm³/mol. The number of carbonyl (C=O) groups is 5. The van der Waals surface area contributed by atoms with Crippen molar-refractivity contribution in [2.24, 2.45) is 5.11 Å². The van der Waals surface area contributed by atoms with Crippen LogP contribution in [-0.4, -0.2) is 73.6 Å². The molecule has 5 atom stereocenters. The van der Waals surface area contributed by atoms with E-state index in [0.29, 0.717) is 0 Å². The molecule has 1 rings (SSSR count). The maximum absolute atomic E-state index is 12.1. The predicted octanol–water partition coefficient (Wildman–Crippen LogP) is -0.504. The first-order valence-corrected chi connectivity index (χ1v) is 8.65. The van der Waals surface area contributed by atoms with Crippen molar-refractivity contribution < 1.29 is 47.7 Å². The summed E-state index contributed by atoms with van der Waals surface area (Å²) >= 11 is 0. The van der Waals surface area contributed by atoms with Crippen LogP contribution < -0.4 is 5.32 Å². The van der Waals surface area contributed by atoms with Gasteiger partial charge in [-0.05, 0) is 5.53 Å². The lowest BCUT2D eigenvalue weighted by Crippen LogP contribution is -2.67. The summed E-state index contributed by atoms with van der Waals surface area (Å²) in [6.07, 6.45) is -5.42. The molecule has 166 valence electrons. The summed E-state index contributed by atoms with van der Waals surface area (Å²) in [4.78, 5) is 60.5. The molecule has 0 aromatic rings. The first-order chi connectivity index (χ1) is 14.0. The summed E-state index contributed by atoms with van der Waals surface area (Å²) < 4.78 is 25.9. The van der Waals surface area contributed by atoms with Gasteiger partial charge in [0.15, 0.2) is 12.2 Å². The Morgan fingerprint density at radius 2 is 1.50 bits per heavy atom. The van der Waals surface area contributed by atoms with E-state index in [2.05, 4.69) is 15.3 Å². The Hall–Kier alpha value is -3.38. The number of nitrogens with one attached hydrogen (secondary N) is 1. The van der Waals surface area contributed by atoms with Gasteiger partial charge in [0, 0.05) is 32.6 Å². The van der Waals surface area contributed by atoms with Gasteiger partial charge in [0.05, 0.1) is 0 Å². The second kappa shape index (κ2) is 11.6. The summed E-state index contributed by atoms with van der Waals surface area (Å²) in [6, 6.07) is -1.34. The van der Waals surface area contributed by atoms with Gasteiger partial charge in [0.1, 0.15) is 25.3 Å². The molecule has 0 aromatic carbocycles. The van der Waals surface area contributed by atoms with Crippen molar-refractivity contribution in [1.82, 2.24) is 5.32 Å². The average molecular weight is 430 g/mol. The Morgan fingerprint density at radius 1 is 0.933 bits per heavy atom. The first-order valence-electron chi connectivity index (χ1n) is 8.65. The molecule has 14 nitrogen and oxygen atoms in total. The molecule has 0 bridgehead atoms. The highest BCUT2D eigenvalue weighted by Gasteiger charge is 2.52. The maximum atomic E-state index is 12.1. The Kier molecular flexibility index (Phi) is 9.52. The van der Waals surface area contributed by atoms with Gasteiger partial charge in [-0.1, -0.05) is 5.11 Å². The molecule has 0 aromatic heterocycles. The van der Waals surface area contributed by atoms with Gasteiger partial charge in [-0.15, -0.1) is 0 Å². The van der Waals surface area contributed by atoms with E-state index in [1.165, 1.54) is 0 Å². The van der Waals surface area contributed by atoms with Crippen LogP contribution in [0.4, 0.5) is 0 Å². The topological polar surface area (TPSA) is 192 Å². The summed E-state index contributed by atoms with van der Waals surface area (Å²) in [6.45, 7) is 3.32. The van der Waals surface area contributed by atoms with E-state index in [0.717, 1.165) is 27.7 Å². The lowest BCUT2D eigenvalue weighted by molar-refractivity contribution is -0.271. The number of esters is 4. The highest BCUT2D eigenvalue weighted by atomic mass is 16.7. The third-order valence-corrected chi connectivity index (χ3v) is 3.59. The van der Waals surface area contributed by atoms with Crippen LogP contribution in [0.2, 0.25) is 0 Å². The van der Waals surface area contributed by atoms with Crippen LogP contribution in [0.1, 0.15) is 27.7 Å². The Bertz CT molecular complexity index is 736. The lowest BCUT2D eigenvalue weighted by Gasteiger charge is -2.44. The van der Waals surface area contributed by atoms with E-state index >= 15 is 0 Å². The summed E-state index contributed by atoms with van der Waals surface area (Å²) in [7, 11) is 0. The normalized spacial score (nSPS) is 25.1. The van der Waals surface area contributed by atoms with Crippen molar-refractivity contribution in [1.29, 1.82) is 0 Å². The number of hydrogen-bond donors (Lipinski definition) is 1. The molecule has 0 radical (unpaired) electrons. The monoisotopic (exact) mass is 430 g/mol. The van der Waals surface area contributed by atoms with Crippen LogP contribution in [0, 0.1) is 0 Å². The Morgan fingerprint density at radius 3 is 2.00 bits per heavy atom. The quantitative estimate of drug-likeness (QED) is 0.172. The van der Waals surface area contributed by atoms with Gasteiger partial charge in [-0.25, -0.2) is 0 Å². The first kappa shape index (κ1) is 24.7. The number of ether oxygens (including phenoxy) is 5. The zero-order valence-corrected chi connectivity index (χ0v) is 16.7. The van der Waals surface area contributed by atoms with Gasteiger partial charge in [-0.3, -0.25) is 24.0 Å². The molecule has 1 heterocycles. The number of amides is 1. The molecule has 0 spiro atoms. The molecule has 1 amide bonds. The van der Waals surface area contributed by atoms with Crippen molar-refractivity contribution in [2.75, 3.05) is 13.2 Å². The minimum Gasteiger partial charge on any atom is -0.463 e. The molecule has 0 aliphatic carbocycles. The van der Waals surface area contributed by atoms with Crippen LogP contribution in [0.5, 0.6) is 0 Å². The van der Waals surface area contributed by atoms with E-state index in [4.69, 9.17) is 29.2 Å². The molecule has 1 aliphatic heterocycles. The molecule has 1 N–H and O–H groups in total. The molecule has 30 heavy (non-hydrogen) atoms. The SMILES string of the molecule is CC(=O)OC[C@@H]1O[C@H](OC(C)=O)[C@H](NC(=O)CN=[N+]=[N-])[C@@H](OC(C)=O)[C@H]1OC(C)=O.